The van der Waals surface area contributed by atoms with Crippen LogP contribution >= 0.6 is 12.2 Å². The molecule has 3 aliphatic heterocycles. The molecule has 8 nitrogen and oxygen atoms in total. The number of anilines is 2. The van der Waals surface area contributed by atoms with Gasteiger partial charge in [-0.1, -0.05) is 12.2 Å². The van der Waals surface area contributed by atoms with E-state index < -0.39 is 12.2 Å². The Morgan fingerprint density at radius 3 is 2.75 bits per heavy atom. The molecule has 0 aromatic heterocycles. The number of hydrogen-bond acceptors (Lipinski definition) is 6. The van der Waals surface area contributed by atoms with Crippen molar-refractivity contribution < 1.29 is 18.7 Å². The maximum atomic E-state index is 15.0. The molecule has 174 valence electrons. The summed E-state index contributed by atoms with van der Waals surface area (Å²) in [5.74, 6) is -0.143. The quantitative estimate of drug-likeness (QED) is 0.644. The average Bonchev–Trinajstić information content (AvgIpc) is 3.18. The number of nitrogens with one attached hydrogen (secondary N) is 2. The lowest BCUT2D eigenvalue weighted by molar-refractivity contribution is -0.119. The minimum Gasteiger partial charge on any atom is -0.442 e. The van der Waals surface area contributed by atoms with Crippen LogP contribution in [0.5, 0.6) is 0 Å². The highest BCUT2D eigenvalue weighted by atomic mass is 32.1. The third-order valence-corrected chi connectivity index (χ3v) is 6.87. The van der Waals surface area contributed by atoms with Gasteiger partial charge in [0.15, 0.2) is 0 Å². The molecule has 0 bridgehead atoms. The Kier molecular flexibility index (Phi) is 7.10. The summed E-state index contributed by atoms with van der Waals surface area (Å²) in [5, 5.41) is 6.05. The number of amides is 2. The zero-order valence-corrected chi connectivity index (χ0v) is 19.1. The molecule has 2 amide bonds. The number of nitrogens with zero attached hydrogens (tertiary/aromatic N) is 3. The molecule has 1 unspecified atom stereocenters. The molecule has 3 saturated heterocycles. The monoisotopic (exact) mass is 463 g/mol. The lowest BCUT2D eigenvalue weighted by Crippen LogP contribution is -2.51. The van der Waals surface area contributed by atoms with Crippen LogP contribution in [-0.2, 0) is 9.53 Å². The van der Waals surface area contributed by atoms with Crippen LogP contribution in [0.3, 0.4) is 0 Å². The second-order valence-corrected chi connectivity index (χ2v) is 8.96. The molecular formula is C22H30FN5O3S. The summed E-state index contributed by atoms with van der Waals surface area (Å²) >= 11 is 5.73. The Morgan fingerprint density at radius 2 is 2.09 bits per heavy atom. The number of thiocarbonyl (C=S) groups is 1. The lowest BCUT2D eigenvalue weighted by atomic mass is 9.98. The fourth-order valence-electron chi connectivity index (χ4n) is 4.50. The third kappa shape index (κ3) is 5.12. The van der Waals surface area contributed by atoms with E-state index in [4.69, 9.17) is 17.0 Å². The highest BCUT2D eigenvalue weighted by Crippen LogP contribution is 2.29. The first-order valence-electron chi connectivity index (χ1n) is 11.2. The molecule has 3 aliphatic rings. The van der Waals surface area contributed by atoms with Crippen molar-refractivity contribution in [1.82, 2.24) is 15.5 Å². The Hall–Kier alpha value is -2.46. The van der Waals surface area contributed by atoms with Crippen LogP contribution in [0.2, 0.25) is 0 Å². The standard InChI is InChI=1S/C22H30FN5O3S/c1-15(29)25-13-18-14-28(22(30)31-18)17-4-5-20(19(23)11-17)26-7-9-27(10-8-26)21(32)16-3-2-6-24-12-16/h4-5,11,16,18,24H,2-3,6-10,12-14H2,1H3,(H,25,29)/t16?,18-/m0/s1. The van der Waals surface area contributed by atoms with Crippen LogP contribution < -0.4 is 20.4 Å². The van der Waals surface area contributed by atoms with Crippen molar-refractivity contribution in [3.8, 4) is 0 Å². The first kappa shape index (κ1) is 22.7. The summed E-state index contributed by atoms with van der Waals surface area (Å²) in [4.78, 5) is 30.0. The largest absolute Gasteiger partial charge is 0.442 e. The summed E-state index contributed by atoms with van der Waals surface area (Å²) in [6.07, 6.45) is 1.30. The highest BCUT2D eigenvalue weighted by Gasteiger charge is 2.33. The van der Waals surface area contributed by atoms with E-state index in [1.54, 1.807) is 12.1 Å². The fraction of sp³-hybridized carbons (Fsp3) is 0.591. The number of benzene rings is 1. The molecular weight excluding hydrogens is 433 g/mol. The van der Waals surface area contributed by atoms with Gasteiger partial charge in [0.25, 0.3) is 0 Å². The van der Waals surface area contributed by atoms with Gasteiger partial charge < -0.3 is 25.2 Å². The van der Waals surface area contributed by atoms with Gasteiger partial charge in [-0.15, -0.1) is 0 Å². The normalized spacial score (nSPS) is 23.8. The smallest absolute Gasteiger partial charge is 0.414 e. The number of carbonyl (C=O) groups excluding carboxylic acids is 2. The van der Waals surface area contributed by atoms with E-state index in [0.29, 0.717) is 30.4 Å². The molecule has 3 fully saturated rings. The minimum atomic E-state index is -0.535. The average molecular weight is 464 g/mol. The van der Waals surface area contributed by atoms with E-state index in [1.807, 2.05) is 4.90 Å². The van der Waals surface area contributed by atoms with Crippen LogP contribution in [0.4, 0.5) is 20.6 Å². The number of carbonyl (C=O) groups is 2. The topological polar surface area (TPSA) is 77.2 Å². The van der Waals surface area contributed by atoms with Gasteiger partial charge in [-0.05, 0) is 37.6 Å². The Balaban J connectivity index is 1.34. The molecule has 4 rings (SSSR count). The number of cyclic esters (lactones) is 1. The van der Waals surface area contributed by atoms with Crippen LogP contribution in [0.15, 0.2) is 18.2 Å². The second kappa shape index (κ2) is 9.99. The molecule has 2 atom stereocenters. The molecule has 1 aromatic rings. The Morgan fingerprint density at radius 1 is 1.31 bits per heavy atom. The van der Waals surface area contributed by atoms with Crippen molar-refractivity contribution in [2.45, 2.75) is 25.9 Å². The van der Waals surface area contributed by atoms with Crippen LogP contribution in [0.1, 0.15) is 19.8 Å². The fourth-order valence-corrected chi connectivity index (χ4v) is 4.89. The summed E-state index contributed by atoms with van der Waals surface area (Å²) in [6, 6.07) is 4.84. The van der Waals surface area contributed by atoms with Gasteiger partial charge in [-0.3, -0.25) is 9.69 Å². The maximum absolute atomic E-state index is 15.0. The molecule has 0 saturated carbocycles. The van der Waals surface area contributed by atoms with Crippen LogP contribution in [0.25, 0.3) is 0 Å². The van der Waals surface area contributed by atoms with Crippen molar-refractivity contribution in [3.63, 3.8) is 0 Å². The Labute approximate surface area is 193 Å². The summed E-state index contributed by atoms with van der Waals surface area (Å²) < 4.78 is 20.3. The van der Waals surface area contributed by atoms with Gasteiger partial charge in [0, 0.05) is 45.6 Å². The molecule has 2 N–H and O–H groups in total. The first-order valence-corrected chi connectivity index (χ1v) is 11.6. The molecule has 1 aromatic carbocycles. The van der Waals surface area contributed by atoms with Gasteiger partial charge in [0.1, 0.15) is 11.9 Å². The number of rotatable bonds is 5. The molecule has 0 spiro atoms. The van der Waals surface area contributed by atoms with E-state index in [9.17, 15) is 14.0 Å². The van der Waals surface area contributed by atoms with Gasteiger partial charge in [-0.2, -0.15) is 0 Å². The maximum Gasteiger partial charge on any atom is 0.414 e. The third-order valence-electron chi connectivity index (χ3n) is 6.27. The van der Waals surface area contributed by atoms with Crippen molar-refractivity contribution in [2.75, 3.05) is 62.2 Å². The summed E-state index contributed by atoms with van der Waals surface area (Å²) in [7, 11) is 0. The second-order valence-electron chi connectivity index (χ2n) is 8.54. The number of hydrogen-bond donors (Lipinski definition) is 2. The molecule has 32 heavy (non-hydrogen) atoms. The van der Waals surface area contributed by atoms with Gasteiger partial charge >= 0.3 is 6.09 Å². The zero-order valence-electron chi connectivity index (χ0n) is 18.3. The molecule has 3 heterocycles. The molecule has 0 radical (unpaired) electrons. The van der Waals surface area contributed by atoms with Crippen molar-refractivity contribution >= 4 is 40.6 Å². The summed E-state index contributed by atoms with van der Waals surface area (Å²) in [6.45, 7) is 6.86. The number of piperidine rings is 1. The van der Waals surface area contributed by atoms with Crippen LogP contribution in [0, 0.1) is 11.7 Å². The van der Waals surface area contributed by atoms with Crippen LogP contribution in [-0.4, -0.2) is 80.4 Å². The predicted molar refractivity (Wildman–Crippen MR) is 125 cm³/mol. The SMILES string of the molecule is CC(=O)NC[C@H]1CN(c2ccc(N3CCN(C(=S)C4CCCNC4)CC3)c(F)c2)C(=O)O1. The highest BCUT2D eigenvalue weighted by molar-refractivity contribution is 7.80. The number of piperazine rings is 1. The van der Waals surface area contributed by atoms with E-state index in [-0.39, 0.29) is 24.8 Å². The van der Waals surface area contributed by atoms with E-state index in [0.717, 1.165) is 44.0 Å². The van der Waals surface area contributed by atoms with Crippen molar-refractivity contribution in [3.05, 3.63) is 24.0 Å². The first-order chi connectivity index (χ1) is 15.4. The molecule has 0 aliphatic carbocycles. The Bertz CT molecular complexity index is 871. The minimum absolute atomic E-state index is 0.189. The lowest BCUT2D eigenvalue weighted by Gasteiger charge is -2.40. The van der Waals surface area contributed by atoms with Gasteiger partial charge in [0.05, 0.1) is 29.5 Å². The van der Waals surface area contributed by atoms with E-state index >= 15 is 0 Å². The summed E-state index contributed by atoms with van der Waals surface area (Å²) in [5.41, 5.74) is 0.979. The predicted octanol–water partition coefficient (Wildman–Crippen LogP) is 1.74. The number of ether oxygens (including phenoxy) is 1. The van der Waals surface area contributed by atoms with Crippen molar-refractivity contribution in [2.24, 2.45) is 5.92 Å². The van der Waals surface area contributed by atoms with E-state index in [1.165, 1.54) is 17.9 Å². The van der Waals surface area contributed by atoms with Crippen molar-refractivity contribution in [1.29, 1.82) is 0 Å². The van der Waals surface area contributed by atoms with Gasteiger partial charge in [0.2, 0.25) is 5.91 Å². The van der Waals surface area contributed by atoms with E-state index in [2.05, 4.69) is 15.5 Å². The molecule has 10 heteroatoms. The number of halogens is 1. The zero-order chi connectivity index (χ0) is 22.7. The van der Waals surface area contributed by atoms with Gasteiger partial charge in [-0.25, -0.2) is 9.18 Å².